The van der Waals surface area contributed by atoms with E-state index in [0.717, 1.165) is 0 Å². The van der Waals surface area contributed by atoms with Crippen molar-refractivity contribution in [3.05, 3.63) is 24.0 Å². The van der Waals surface area contributed by atoms with Gasteiger partial charge in [-0.2, -0.15) is 0 Å². The third kappa shape index (κ3) is 2.98. The Kier molecular flexibility index (Phi) is 3.09. The molecule has 0 radical (unpaired) electrons. The number of carbonyl (C=O) groups is 1. The highest BCUT2D eigenvalue weighted by Crippen LogP contribution is 2.16. The number of Topliss-reactive ketones (excluding diaryl/α,β-unsaturated/α-hetero) is 1. The van der Waals surface area contributed by atoms with E-state index < -0.39 is 5.67 Å². The van der Waals surface area contributed by atoms with E-state index in [4.69, 9.17) is 0 Å². The SMILES string of the molecule is CC(=O)c1cccn1CCC(C)(C)F. The maximum Gasteiger partial charge on any atom is 0.176 e. The summed E-state index contributed by atoms with van der Waals surface area (Å²) < 4.78 is 15.0. The van der Waals surface area contributed by atoms with Crippen LogP contribution in [0.15, 0.2) is 18.3 Å². The topological polar surface area (TPSA) is 22.0 Å². The van der Waals surface area contributed by atoms with Gasteiger partial charge in [0.25, 0.3) is 0 Å². The van der Waals surface area contributed by atoms with Gasteiger partial charge in [0.2, 0.25) is 0 Å². The fraction of sp³-hybridized carbons (Fsp3) is 0.545. The maximum absolute atomic E-state index is 13.2. The lowest BCUT2D eigenvalue weighted by molar-refractivity contribution is 0.100. The van der Waals surface area contributed by atoms with Gasteiger partial charge in [-0.1, -0.05) is 0 Å². The van der Waals surface area contributed by atoms with Crippen molar-refractivity contribution < 1.29 is 9.18 Å². The van der Waals surface area contributed by atoms with Crippen molar-refractivity contribution in [2.24, 2.45) is 0 Å². The minimum atomic E-state index is -1.18. The maximum atomic E-state index is 13.2. The first kappa shape index (κ1) is 11.0. The number of ketones is 1. The number of alkyl halides is 1. The van der Waals surface area contributed by atoms with Gasteiger partial charge in [-0.3, -0.25) is 4.79 Å². The van der Waals surface area contributed by atoms with Crippen molar-refractivity contribution in [1.29, 1.82) is 0 Å². The summed E-state index contributed by atoms with van der Waals surface area (Å²) >= 11 is 0. The number of hydrogen-bond donors (Lipinski definition) is 0. The molecule has 0 N–H and O–H groups in total. The van der Waals surface area contributed by atoms with Gasteiger partial charge in [0.05, 0.1) is 5.69 Å². The second-order valence-corrected chi connectivity index (χ2v) is 4.11. The standard InChI is InChI=1S/C11H16FNO/c1-9(14)10-5-4-7-13(10)8-6-11(2,3)12/h4-5,7H,6,8H2,1-3H3. The molecule has 0 saturated heterocycles. The summed E-state index contributed by atoms with van der Waals surface area (Å²) in [6, 6.07) is 3.57. The average Bonchev–Trinajstić information content (AvgIpc) is 2.46. The van der Waals surface area contributed by atoms with Crippen LogP contribution >= 0.6 is 0 Å². The first-order valence-corrected chi connectivity index (χ1v) is 4.75. The molecular formula is C11H16FNO. The first-order chi connectivity index (χ1) is 6.40. The molecule has 0 unspecified atom stereocenters. The predicted octanol–water partition coefficient (Wildman–Crippen LogP) is 2.83. The summed E-state index contributed by atoms with van der Waals surface area (Å²) in [5, 5.41) is 0. The minimum absolute atomic E-state index is 0.0201. The van der Waals surface area contributed by atoms with Crippen LogP contribution in [0.3, 0.4) is 0 Å². The van der Waals surface area contributed by atoms with Gasteiger partial charge < -0.3 is 4.57 Å². The molecule has 0 atom stereocenters. The molecule has 3 heteroatoms. The lowest BCUT2D eigenvalue weighted by Gasteiger charge is -2.15. The Balaban J connectivity index is 2.68. The lowest BCUT2D eigenvalue weighted by Crippen LogP contribution is -2.16. The molecule has 14 heavy (non-hydrogen) atoms. The number of halogens is 1. The van der Waals surface area contributed by atoms with Gasteiger partial charge in [-0.05, 0) is 32.4 Å². The summed E-state index contributed by atoms with van der Waals surface area (Å²) in [6.45, 7) is 5.16. The van der Waals surface area contributed by atoms with Crippen molar-refractivity contribution in [2.75, 3.05) is 0 Å². The zero-order valence-electron chi connectivity index (χ0n) is 8.88. The van der Waals surface area contributed by atoms with Crippen LogP contribution in [-0.2, 0) is 6.54 Å². The van der Waals surface area contributed by atoms with Crippen LogP contribution in [0, 0.1) is 0 Å². The van der Waals surface area contributed by atoms with Crippen molar-refractivity contribution in [3.63, 3.8) is 0 Å². The molecule has 1 rings (SSSR count). The molecule has 2 nitrogen and oxygen atoms in total. The number of carbonyl (C=O) groups excluding carboxylic acids is 1. The fourth-order valence-electron chi connectivity index (χ4n) is 1.31. The number of hydrogen-bond acceptors (Lipinski definition) is 1. The quantitative estimate of drug-likeness (QED) is 0.680. The molecule has 0 aliphatic rings. The largest absolute Gasteiger partial charge is 0.345 e. The van der Waals surface area contributed by atoms with Gasteiger partial charge in [0.1, 0.15) is 5.67 Å². The summed E-state index contributed by atoms with van der Waals surface area (Å²) in [5.41, 5.74) is -0.535. The van der Waals surface area contributed by atoms with Gasteiger partial charge in [-0.15, -0.1) is 0 Å². The number of rotatable bonds is 4. The van der Waals surface area contributed by atoms with Crippen LogP contribution in [0.1, 0.15) is 37.7 Å². The Labute approximate surface area is 83.7 Å². The highest BCUT2D eigenvalue weighted by Gasteiger charge is 2.16. The Morgan fingerprint density at radius 2 is 2.21 bits per heavy atom. The smallest absolute Gasteiger partial charge is 0.176 e. The average molecular weight is 197 g/mol. The number of nitrogens with zero attached hydrogens (tertiary/aromatic N) is 1. The molecule has 78 valence electrons. The molecular weight excluding hydrogens is 181 g/mol. The molecule has 0 aliphatic carbocycles. The van der Waals surface area contributed by atoms with E-state index in [9.17, 15) is 9.18 Å². The zero-order valence-corrected chi connectivity index (χ0v) is 8.88. The number of aryl methyl sites for hydroxylation is 1. The van der Waals surface area contributed by atoms with Crippen LogP contribution in [-0.4, -0.2) is 16.0 Å². The first-order valence-electron chi connectivity index (χ1n) is 4.75. The number of aromatic nitrogens is 1. The Hall–Kier alpha value is -1.12. The van der Waals surface area contributed by atoms with Gasteiger partial charge in [-0.25, -0.2) is 4.39 Å². The van der Waals surface area contributed by atoms with E-state index >= 15 is 0 Å². The van der Waals surface area contributed by atoms with Crippen molar-refractivity contribution in [2.45, 2.75) is 39.4 Å². The third-order valence-electron chi connectivity index (χ3n) is 2.14. The molecule has 0 aromatic carbocycles. The lowest BCUT2D eigenvalue weighted by atomic mass is 10.1. The molecule has 0 aliphatic heterocycles. The molecule has 0 amide bonds. The van der Waals surface area contributed by atoms with Gasteiger partial charge in [0, 0.05) is 19.7 Å². The van der Waals surface area contributed by atoms with Crippen LogP contribution < -0.4 is 0 Å². The van der Waals surface area contributed by atoms with E-state index in [0.29, 0.717) is 18.7 Å². The van der Waals surface area contributed by atoms with Crippen LogP contribution in [0.25, 0.3) is 0 Å². The fourth-order valence-corrected chi connectivity index (χ4v) is 1.31. The van der Waals surface area contributed by atoms with E-state index in [1.807, 2.05) is 12.3 Å². The summed E-state index contributed by atoms with van der Waals surface area (Å²) in [7, 11) is 0. The van der Waals surface area contributed by atoms with Crippen LogP contribution in [0.4, 0.5) is 4.39 Å². The second kappa shape index (κ2) is 3.95. The third-order valence-corrected chi connectivity index (χ3v) is 2.14. The second-order valence-electron chi connectivity index (χ2n) is 4.11. The highest BCUT2D eigenvalue weighted by molar-refractivity contribution is 5.92. The van der Waals surface area contributed by atoms with E-state index in [1.54, 1.807) is 24.5 Å². The summed E-state index contributed by atoms with van der Waals surface area (Å²) in [4.78, 5) is 11.1. The van der Waals surface area contributed by atoms with Crippen molar-refractivity contribution in [1.82, 2.24) is 4.57 Å². The predicted molar refractivity (Wildman–Crippen MR) is 54.2 cm³/mol. The zero-order chi connectivity index (χ0) is 10.8. The molecule has 0 bridgehead atoms. The van der Waals surface area contributed by atoms with Gasteiger partial charge in [0.15, 0.2) is 5.78 Å². The molecule has 1 aromatic rings. The van der Waals surface area contributed by atoms with E-state index in [1.165, 1.54) is 6.92 Å². The molecule has 0 saturated carbocycles. The van der Waals surface area contributed by atoms with Crippen molar-refractivity contribution >= 4 is 5.78 Å². The van der Waals surface area contributed by atoms with Crippen LogP contribution in [0.5, 0.6) is 0 Å². The normalized spacial score (nSPS) is 11.7. The molecule has 0 spiro atoms. The van der Waals surface area contributed by atoms with Crippen LogP contribution in [0.2, 0.25) is 0 Å². The Bertz CT molecular complexity index is 322. The Morgan fingerprint density at radius 3 is 2.71 bits per heavy atom. The Morgan fingerprint density at radius 1 is 1.57 bits per heavy atom. The molecule has 0 fully saturated rings. The van der Waals surface area contributed by atoms with Crippen molar-refractivity contribution in [3.8, 4) is 0 Å². The highest BCUT2D eigenvalue weighted by atomic mass is 19.1. The summed E-state index contributed by atoms with van der Waals surface area (Å²) in [5.74, 6) is 0.0201. The van der Waals surface area contributed by atoms with E-state index in [-0.39, 0.29) is 5.78 Å². The van der Waals surface area contributed by atoms with Gasteiger partial charge >= 0.3 is 0 Å². The minimum Gasteiger partial charge on any atom is -0.345 e. The van der Waals surface area contributed by atoms with E-state index in [2.05, 4.69) is 0 Å². The molecule has 1 heterocycles. The monoisotopic (exact) mass is 197 g/mol. The molecule has 1 aromatic heterocycles. The summed E-state index contributed by atoms with van der Waals surface area (Å²) in [6.07, 6.45) is 2.23.